The Hall–Kier alpha value is -2.51. The summed E-state index contributed by atoms with van der Waals surface area (Å²) < 4.78 is 31.3. The molecular formula is C18H14N2O3S2. The van der Waals surface area contributed by atoms with E-state index in [-0.39, 0.29) is 10.1 Å². The number of thiazole rings is 1. The number of nitrogens with zero attached hydrogens (tertiary/aromatic N) is 2. The average Bonchev–Trinajstić information content (AvgIpc) is 3.02. The topological polar surface area (TPSA) is 69.2 Å². The lowest BCUT2D eigenvalue weighted by atomic mass is 10.1. The van der Waals surface area contributed by atoms with Gasteiger partial charge in [0.15, 0.2) is 0 Å². The SMILES string of the molecule is CCc1cnc2ccc(S(=O)(=O)Oc3nc4ccccc4s3)cc2c1. The van der Waals surface area contributed by atoms with Gasteiger partial charge >= 0.3 is 10.1 Å². The number of pyridine rings is 1. The molecule has 0 bridgehead atoms. The van der Waals surface area contributed by atoms with Crippen LogP contribution in [0.15, 0.2) is 59.6 Å². The largest absolute Gasteiger partial charge is 0.348 e. The molecule has 0 saturated carbocycles. The van der Waals surface area contributed by atoms with Gasteiger partial charge in [-0.3, -0.25) is 4.98 Å². The summed E-state index contributed by atoms with van der Waals surface area (Å²) in [6.07, 6.45) is 2.64. The van der Waals surface area contributed by atoms with Crippen molar-refractivity contribution in [2.24, 2.45) is 0 Å². The first kappa shape index (κ1) is 16.0. The third kappa shape index (κ3) is 3.08. The summed E-state index contributed by atoms with van der Waals surface area (Å²) in [6, 6.07) is 14.1. The second-order valence-corrected chi connectivity index (χ2v) is 8.08. The smallest absolute Gasteiger partial charge is 0.341 e. The van der Waals surface area contributed by atoms with Crippen LogP contribution in [0.3, 0.4) is 0 Å². The van der Waals surface area contributed by atoms with Gasteiger partial charge in [0.05, 0.1) is 15.7 Å². The van der Waals surface area contributed by atoms with Gasteiger partial charge in [0.1, 0.15) is 4.90 Å². The number of rotatable bonds is 4. The molecule has 2 aromatic carbocycles. The van der Waals surface area contributed by atoms with Crippen molar-refractivity contribution in [1.29, 1.82) is 0 Å². The van der Waals surface area contributed by atoms with Crippen molar-refractivity contribution in [3.05, 3.63) is 60.3 Å². The fourth-order valence-electron chi connectivity index (χ4n) is 2.53. The Morgan fingerprint density at radius 3 is 2.72 bits per heavy atom. The second-order valence-electron chi connectivity index (χ2n) is 5.54. The lowest BCUT2D eigenvalue weighted by molar-refractivity contribution is 0.485. The van der Waals surface area contributed by atoms with E-state index in [1.807, 2.05) is 37.3 Å². The van der Waals surface area contributed by atoms with Crippen LogP contribution in [0.2, 0.25) is 0 Å². The molecule has 0 atom stereocenters. The Morgan fingerprint density at radius 2 is 1.92 bits per heavy atom. The molecule has 25 heavy (non-hydrogen) atoms. The van der Waals surface area contributed by atoms with Crippen LogP contribution in [0.1, 0.15) is 12.5 Å². The van der Waals surface area contributed by atoms with Crippen LogP contribution in [-0.4, -0.2) is 18.4 Å². The Kier molecular flexibility index (Phi) is 3.89. The number of aromatic nitrogens is 2. The molecule has 0 aliphatic heterocycles. The highest BCUT2D eigenvalue weighted by Crippen LogP contribution is 2.30. The third-order valence-electron chi connectivity index (χ3n) is 3.86. The maximum Gasteiger partial charge on any atom is 0.341 e. The van der Waals surface area contributed by atoms with Crippen LogP contribution in [0.4, 0.5) is 0 Å². The van der Waals surface area contributed by atoms with Gasteiger partial charge in [-0.15, -0.1) is 0 Å². The summed E-state index contributed by atoms with van der Waals surface area (Å²) in [5.41, 5.74) is 2.51. The molecule has 0 amide bonds. The summed E-state index contributed by atoms with van der Waals surface area (Å²) in [6.45, 7) is 2.03. The number of hydrogen-bond donors (Lipinski definition) is 0. The van der Waals surface area contributed by atoms with Crippen molar-refractivity contribution < 1.29 is 12.6 Å². The van der Waals surface area contributed by atoms with E-state index in [1.54, 1.807) is 18.3 Å². The van der Waals surface area contributed by atoms with Gasteiger partial charge in [0.2, 0.25) is 0 Å². The summed E-state index contributed by atoms with van der Waals surface area (Å²) in [4.78, 5) is 8.65. The van der Waals surface area contributed by atoms with Gasteiger partial charge < -0.3 is 4.18 Å². The van der Waals surface area contributed by atoms with Crippen LogP contribution < -0.4 is 4.18 Å². The Bertz CT molecular complexity index is 1150. The van der Waals surface area contributed by atoms with Crippen LogP contribution in [0.5, 0.6) is 5.19 Å². The van der Waals surface area contributed by atoms with Crippen LogP contribution >= 0.6 is 11.3 Å². The van der Waals surface area contributed by atoms with E-state index in [0.717, 1.165) is 27.6 Å². The number of benzene rings is 2. The lowest BCUT2D eigenvalue weighted by Crippen LogP contribution is -2.09. The molecule has 4 aromatic rings. The van der Waals surface area contributed by atoms with E-state index >= 15 is 0 Å². The van der Waals surface area contributed by atoms with Crippen LogP contribution in [0, 0.1) is 0 Å². The predicted molar refractivity (Wildman–Crippen MR) is 98.6 cm³/mol. The molecule has 0 radical (unpaired) electrons. The molecule has 0 saturated heterocycles. The zero-order valence-corrected chi connectivity index (χ0v) is 15.0. The molecule has 5 nitrogen and oxygen atoms in total. The van der Waals surface area contributed by atoms with Crippen LogP contribution in [0.25, 0.3) is 21.1 Å². The number of fused-ring (bicyclic) bond motifs is 2. The molecule has 126 valence electrons. The Balaban J connectivity index is 1.72. The van der Waals surface area contributed by atoms with Crippen molar-refractivity contribution in [2.45, 2.75) is 18.2 Å². The Labute approximate surface area is 149 Å². The summed E-state index contributed by atoms with van der Waals surface area (Å²) in [7, 11) is -3.95. The fraction of sp³-hybridized carbons (Fsp3) is 0.111. The fourth-order valence-corrected chi connectivity index (χ4v) is 4.46. The highest BCUT2D eigenvalue weighted by atomic mass is 32.2. The zero-order valence-electron chi connectivity index (χ0n) is 13.3. The number of aryl methyl sites for hydroxylation is 1. The predicted octanol–water partition coefficient (Wildman–Crippen LogP) is 4.17. The van der Waals surface area contributed by atoms with E-state index in [0.29, 0.717) is 5.52 Å². The number of hydrogen-bond acceptors (Lipinski definition) is 6. The quantitative estimate of drug-likeness (QED) is 0.504. The van der Waals surface area contributed by atoms with Crippen molar-refractivity contribution in [3.63, 3.8) is 0 Å². The molecule has 7 heteroatoms. The molecule has 2 heterocycles. The maximum atomic E-state index is 12.6. The van der Waals surface area contributed by atoms with Crippen molar-refractivity contribution >= 4 is 42.6 Å². The Morgan fingerprint density at radius 1 is 1.08 bits per heavy atom. The minimum atomic E-state index is -3.95. The van der Waals surface area contributed by atoms with E-state index < -0.39 is 10.1 Å². The molecule has 2 aromatic heterocycles. The van der Waals surface area contributed by atoms with Gasteiger partial charge in [0, 0.05) is 11.6 Å². The first-order chi connectivity index (χ1) is 12.0. The van der Waals surface area contributed by atoms with E-state index in [9.17, 15) is 8.42 Å². The average molecular weight is 370 g/mol. The van der Waals surface area contributed by atoms with E-state index in [1.165, 1.54) is 17.4 Å². The summed E-state index contributed by atoms with van der Waals surface area (Å²) in [5, 5.41) is 0.884. The minimum absolute atomic E-state index is 0.0920. The third-order valence-corrected chi connectivity index (χ3v) is 6.09. The van der Waals surface area contributed by atoms with Gasteiger partial charge in [-0.25, -0.2) is 4.98 Å². The minimum Gasteiger partial charge on any atom is -0.348 e. The van der Waals surface area contributed by atoms with E-state index in [2.05, 4.69) is 9.97 Å². The molecule has 0 aliphatic carbocycles. The van der Waals surface area contributed by atoms with Gasteiger partial charge in [-0.05, 0) is 48.4 Å². The van der Waals surface area contributed by atoms with Gasteiger partial charge in [-0.2, -0.15) is 8.42 Å². The lowest BCUT2D eigenvalue weighted by Gasteiger charge is -2.06. The highest BCUT2D eigenvalue weighted by molar-refractivity contribution is 7.87. The summed E-state index contributed by atoms with van der Waals surface area (Å²) >= 11 is 1.20. The van der Waals surface area contributed by atoms with Crippen molar-refractivity contribution in [2.75, 3.05) is 0 Å². The molecule has 0 unspecified atom stereocenters. The monoisotopic (exact) mass is 370 g/mol. The van der Waals surface area contributed by atoms with E-state index in [4.69, 9.17) is 4.18 Å². The molecule has 0 fully saturated rings. The van der Waals surface area contributed by atoms with Gasteiger partial charge in [0.25, 0.3) is 5.19 Å². The second kappa shape index (κ2) is 6.09. The summed E-state index contributed by atoms with van der Waals surface area (Å²) in [5.74, 6) is 0. The first-order valence-corrected chi connectivity index (χ1v) is 9.96. The molecule has 0 spiro atoms. The zero-order chi connectivity index (χ0) is 17.4. The number of para-hydroxylation sites is 1. The maximum absolute atomic E-state index is 12.6. The van der Waals surface area contributed by atoms with Crippen LogP contribution in [-0.2, 0) is 16.5 Å². The molecule has 0 aliphatic rings. The highest BCUT2D eigenvalue weighted by Gasteiger charge is 2.19. The first-order valence-electron chi connectivity index (χ1n) is 7.74. The molecular weight excluding hydrogens is 356 g/mol. The molecule has 0 N–H and O–H groups in total. The van der Waals surface area contributed by atoms with Gasteiger partial charge in [-0.1, -0.05) is 30.4 Å². The normalized spacial score (nSPS) is 11.9. The van der Waals surface area contributed by atoms with Crippen molar-refractivity contribution in [3.8, 4) is 5.19 Å². The molecule has 4 rings (SSSR count). The van der Waals surface area contributed by atoms with Crippen molar-refractivity contribution in [1.82, 2.24) is 9.97 Å². The standard InChI is InChI=1S/C18H14N2O3S2/c1-2-12-9-13-10-14(7-8-15(13)19-11-12)25(21,22)23-18-20-16-5-3-4-6-17(16)24-18/h3-11H,2H2,1H3.